The normalized spacial score (nSPS) is 27.0. The van der Waals surface area contributed by atoms with Gasteiger partial charge in [-0.25, -0.2) is 4.39 Å². The van der Waals surface area contributed by atoms with Crippen LogP contribution in [-0.4, -0.2) is 29.9 Å². The maximum absolute atomic E-state index is 13.6. The monoisotopic (exact) mass is 304 g/mol. The number of amides is 1. The van der Waals surface area contributed by atoms with Crippen LogP contribution in [0.2, 0.25) is 0 Å². The number of rotatable bonds is 3. The summed E-state index contributed by atoms with van der Waals surface area (Å²) in [5.41, 5.74) is 0.270. The number of likely N-dealkylation sites (tertiary alicyclic amines) is 1. The number of nitrogens with zero attached hydrogens (tertiary/aromatic N) is 1. The summed E-state index contributed by atoms with van der Waals surface area (Å²) in [5, 5.41) is 2.72. The third kappa shape index (κ3) is 3.32. The van der Waals surface area contributed by atoms with Crippen LogP contribution >= 0.6 is 0 Å². The minimum absolute atomic E-state index is 0.112. The first-order valence-corrected chi connectivity index (χ1v) is 8.44. The Morgan fingerprint density at radius 2 is 1.95 bits per heavy atom. The molecule has 3 atom stereocenters. The first kappa shape index (κ1) is 15.5. The maximum atomic E-state index is 13.6. The van der Waals surface area contributed by atoms with Crippen LogP contribution in [0.3, 0.4) is 0 Å². The summed E-state index contributed by atoms with van der Waals surface area (Å²) in [6, 6.07) is 6.13. The fourth-order valence-electron chi connectivity index (χ4n) is 3.95. The second kappa shape index (κ2) is 6.78. The number of piperidine rings is 1. The quantitative estimate of drug-likeness (QED) is 0.924. The number of anilines is 1. The van der Waals surface area contributed by atoms with E-state index in [-0.39, 0.29) is 23.5 Å². The topological polar surface area (TPSA) is 32.3 Å². The highest BCUT2D eigenvalue weighted by Crippen LogP contribution is 2.36. The molecule has 22 heavy (non-hydrogen) atoms. The van der Waals surface area contributed by atoms with Gasteiger partial charge in [0.2, 0.25) is 5.91 Å². The zero-order valence-corrected chi connectivity index (χ0v) is 13.2. The lowest BCUT2D eigenvalue weighted by molar-refractivity contribution is -0.122. The van der Waals surface area contributed by atoms with E-state index in [0.29, 0.717) is 0 Å². The zero-order chi connectivity index (χ0) is 15.5. The molecule has 1 aliphatic heterocycles. The molecule has 120 valence electrons. The van der Waals surface area contributed by atoms with Crippen molar-refractivity contribution in [3.8, 4) is 0 Å². The third-order valence-electron chi connectivity index (χ3n) is 5.38. The number of carbonyl (C=O) groups excluding carboxylic acids is 1. The molecule has 0 radical (unpaired) electrons. The fraction of sp³-hybridized carbons (Fsp3) is 0.611. The SMILES string of the molecule is C[C@H](C(=O)Nc1ccccc1F)N1CC[C@@H]2CCCC[C@H]2C1. The molecule has 0 bridgehead atoms. The van der Waals surface area contributed by atoms with Gasteiger partial charge in [-0.2, -0.15) is 0 Å². The van der Waals surface area contributed by atoms with Gasteiger partial charge in [-0.15, -0.1) is 0 Å². The summed E-state index contributed by atoms with van der Waals surface area (Å²) < 4.78 is 13.6. The predicted octanol–water partition coefficient (Wildman–Crippen LogP) is 3.66. The molecule has 1 saturated carbocycles. The number of fused-ring (bicyclic) bond motifs is 1. The minimum Gasteiger partial charge on any atom is -0.322 e. The largest absolute Gasteiger partial charge is 0.322 e. The molecule has 3 nitrogen and oxygen atoms in total. The van der Waals surface area contributed by atoms with Crippen molar-refractivity contribution in [2.24, 2.45) is 11.8 Å². The molecule has 0 aromatic heterocycles. The molecular weight excluding hydrogens is 279 g/mol. The van der Waals surface area contributed by atoms with Crippen molar-refractivity contribution in [3.05, 3.63) is 30.1 Å². The van der Waals surface area contributed by atoms with Gasteiger partial charge in [0, 0.05) is 6.54 Å². The standard InChI is InChI=1S/C18H25FN2O/c1-13(18(22)20-17-9-5-4-8-16(17)19)21-11-10-14-6-2-3-7-15(14)12-21/h4-5,8-9,13-15H,2-3,6-7,10-12H2,1H3,(H,20,22)/t13-,14+,15+/m1/s1. The zero-order valence-electron chi connectivity index (χ0n) is 13.2. The lowest BCUT2D eigenvalue weighted by Crippen LogP contribution is -2.50. The molecule has 3 rings (SSSR count). The van der Waals surface area contributed by atoms with Crippen molar-refractivity contribution >= 4 is 11.6 Å². The predicted molar refractivity (Wildman–Crippen MR) is 86.1 cm³/mol. The molecule has 1 saturated heterocycles. The van der Waals surface area contributed by atoms with Crippen molar-refractivity contribution in [1.82, 2.24) is 4.90 Å². The van der Waals surface area contributed by atoms with Crippen LogP contribution in [0.25, 0.3) is 0 Å². The molecule has 4 heteroatoms. The Morgan fingerprint density at radius 1 is 1.23 bits per heavy atom. The first-order chi connectivity index (χ1) is 10.6. The number of carbonyl (C=O) groups is 1. The summed E-state index contributed by atoms with van der Waals surface area (Å²) in [4.78, 5) is 14.7. The van der Waals surface area contributed by atoms with Gasteiger partial charge < -0.3 is 5.32 Å². The molecule has 1 heterocycles. The van der Waals surface area contributed by atoms with Crippen LogP contribution < -0.4 is 5.32 Å². The third-order valence-corrected chi connectivity index (χ3v) is 5.38. The minimum atomic E-state index is -0.381. The molecule has 1 aromatic rings. The molecule has 1 N–H and O–H groups in total. The second-order valence-electron chi connectivity index (χ2n) is 6.73. The van der Waals surface area contributed by atoms with E-state index in [1.165, 1.54) is 38.2 Å². The molecule has 0 spiro atoms. The van der Waals surface area contributed by atoms with Crippen molar-refractivity contribution in [2.75, 3.05) is 18.4 Å². The van der Waals surface area contributed by atoms with E-state index in [9.17, 15) is 9.18 Å². The van der Waals surface area contributed by atoms with E-state index in [2.05, 4.69) is 10.2 Å². The smallest absolute Gasteiger partial charge is 0.241 e. The Labute approximate surface area is 131 Å². The maximum Gasteiger partial charge on any atom is 0.241 e. The Balaban J connectivity index is 1.60. The van der Waals surface area contributed by atoms with E-state index in [1.54, 1.807) is 18.2 Å². The van der Waals surface area contributed by atoms with E-state index in [4.69, 9.17) is 0 Å². The number of hydrogen-bond donors (Lipinski definition) is 1. The average molecular weight is 304 g/mol. The van der Waals surface area contributed by atoms with Gasteiger partial charge in [-0.05, 0) is 50.3 Å². The number of para-hydroxylation sites is 1. The Kier molecular flexibility index (Phi) is 4.77. The van der Waals surface area contributed by atoms with E-state index >= 15 is 0 Å². The van der Waals surface area contributed by atoms with Crippen LogP contribution in [0, 0.1) is 17.7 Å². The summed E-state index contributed by atoms with van der Waals surface area (Å²) in [5.74, 6) is 1.10. The van der Waals surface area contributed by atoms with Crippen molar-refractivity contribution in [2.45, 2.75) is 45.1 Å². The highest BCUT2D eigenvalue weighted by atomic mass is 19.1. The number of benzene rings is 1. The summed E-state index contributed by atoms with van der Waals surface area (Å²) >= 11 is 0. The van der Waals surface area contributed by atoms with Gasteiger partial charge in [0.25, 0.3) is 0 Å². The van der Waals surface area contributed by atoms with Gasteiger partial charge >= 0.3 is 0 Å². The van der Waals surface area contributed by atoms with Gasteiger partial charge in [0.1, 0.15) is 5.82 Å². The summed E-state index contributed by atoms with van der Waals surface area (Å²) in [7, 11) is 0. The van der Waals surface area contributed by atoms with E-state index in [0.717, 1.165) is 24.9 Å². The summed E-state index contributed by atoms with van der Waals surface area (Å²) in [6.07, 6.45) is 6.54. The van der Waals surface area contributed by atoms with Gasteiger partial charge in [-0.3, -0.25) is 9.69 Å². The van der Waals surface area contributed by atoms with Crippen molar-refractivity contribution < 1.29 is 9.18 Å². The average Bonchev–Trinajstić information content (AvgIpc) is 2.55. The van der Waals surface area contributed by atoms with Crippen LogP contribution in [0.15, 0.2) is 24.3 Å². The number of hydrogen-bond acceptors (Lipinski definition) is 2. The van der Waals surface area contributed by atoms with Gasteiger partial charge in [0.05, 0.1) is 11.7 Å². The van der Waals surface area contributed by atoms with Gasteiger partial charge in [-0.1, -0.05) is 31.4 Å². The number of halogens is 1. The van der Waals surface area contributed by atoms with E-state index < -0.39 is 0 Å². The van der Waals surface area contributed by atoms with Crippen LogP contribution in [0.4, 0.5) is 10.1 Å². The lowest BCUT2D eigenvalue weighted by Gasteiger charge is -2.43. The summed E-state index contributed by atoms with van der Waals surface area (Å²) in [6.45, 7) is 3.92. The van der Waals surface area contributed by atoms with E-state index in [1.807, 2.05) is 6.92 Å². The van der Waals surface area contributed by atoms with Crippen LogP contribution in [-0.2, 0) is 4.79 Å². The first-order valence-electron chi connectivity index (χ1n) is 8.44. The Hall–Kier alpha value is -1.42. The van der Waals surface area contributed by atoms with Crippen LogP contribution in [0.1, 0.15) is 39.0 Å². The molecule has 1 amide bonds. The molecule has 2 fully saturated rings. The molecular formula is C18H25FN2O. The second-order valence-corrected chi connectivity index (χ2v) is 6.73. The molecule has 2 aliphatic rings. The van der Waals surface area contributed by atoms with Crippen LogP contribution in [0.5, 0.6) is 0 Å². The van der Waals surface area contributed by atoms with Crippen molar-refractivity contribution in [1.29, 1.82) is 0 Å². The molecule has 1 aromatic carbocycles. The highest BCUT2D eigenvalue weighted by molar-refractivity contribution is 5.94. The highest BCUT2D eigenvalue weighted by Gasteiger charge is 2.34. The molecule has 0 unspecified atom stereocenters. The Morgan fingerprint density at radius 3 is 2.73 bits per heavy atom. The number of nitrogens with one attached hydrogen (secondary N) is 1. The van der Waals surface area contributed by atoms with Crippen molar-refractivity contribution in [3.63, 3.8) is 0 Å². The molecule has 1 aliphatic carbocycles. The Bertz CT molecular complexity index is 534. The lowest BCUT2D eigenvalue weighted by atomic mass is 9.75. The fourth-order valence-corrected chi connectivity index (χ4v) is 3.95. The van der Waals surface area contributed by atoms with Gasteiger partial charge in [0.15, 0.2) is 0 Å².